The van der Waals surface area contributed by atoms with Gasteiger partial charge in [-0.2, -0.15) is 11.8 Å². The SMILES string of the molecule is N=C1C=CC(N)C2CCSC12. The van der Waals surface area contributed by atoms with Crippen molar-refractivity contribution in [3.05, 3.63) is 12.2 Å². The fourth-order valence-corrected chi connectivity index (χ4v) is 3.26. The molecule has 60 valence electrons. The van der Waals surface area contributed by atoms with E-state index in [0.717, 1.165) is 5.71 Å². The summed E-state index contributed by atoms with van der Waals surface area (Å²) >= 11 is 1.88. The predicted molar refractivity (Wildman–Crippen MR) is 49.2 cm³/mol. The third-order valence-electron chi connectivity index (χ3n) is 2.44. The molecule has 1 aliphatic carbocycles. The van der Waals surface area contributed by atoms with Gasteiger partial charge < -0.3 is 11.1 Å². The van der Waals surface area contributed by atoms with Crippen LogP contribution >= 0.6 is 11.8 Å². The first kappa shape index (κ1) is 7.37. The molecule has 2 aliphatic rings. The van der Waals surface area contributed by atoms with Gasteiger partial charge in [-0.15, -0.1) is 0 Å². The molecule has 1 aliphatic heterocycles. The predicted octanol–water partition coefficient (Wildman–Crippen LogP) is 1.02. The zero-order valence-corrected chi connectivity index (χ0v) is 7.10. The summed E-state index contributed by atoms with van der Waals surface area (Å²) in [5.41, 5.74) is 6.65. The van der Waals surface area contributed by atoms with Gasteiger partial charge >= 0.3 is 0 Å². The molecule has 0 saturated carbocycles. The van der Waals surface area contributed by atoms with Crippen LogP contribution in [0.15, 0.2) is 12.2 Å². The van der Waals surface area contributed by atoms with Crippen LogP contribution in [0.5, 0.6) is 0 Å². The second-order valence-corrected chi connectivity index (χ2v) is 4.39. The first-order valence-electron chi connectivity index (χ1n) is 3.93. The molecule has 0 spiro atoms. The third kappa shape index (κ3) is 1.12. The average Bonchev–Trinajstić information content (AvgIpc) is 2.45. The van der Waals surface area contributed by atoms with Crippen molar-refractivity contribution in [2.45, 2.75) is 17.7 Å². The fourth-order valence-electron chi connectivity index (χ4n) is 1.77. The molecular weight excluding hydrogens is 156 g/mol. The van der Waals surface area contributed by atoms with Gasteiger partial charge in [0.1, 0.15) is 0 Å². The van der Waals surface area contributed by atoms with E-state index in [1.54, 1.807) is 0 Å². The highest BCUT2D eigenvalue weighted by molar-refractivity contribution is 8.00. The summed E-state index contributed by atoms with van der Waals surface area (Å²) in [6.45, 7) is 0. The molecule has 11 heavy (non-hydrogen) atoms. The minimum Gasteiger partial charge on any atom is -0.324 e. The maximum atomic E-state index is 7.64. The Morgan fingerprint density at radius 3 is 3.18 bits per heavy atom. The van der Waals surface area contributed by atoms with Gasteiger partial charge in [-0.25, -0.2) is 0 Å². The normalized spacial score (nSPS) is 42.6. The average molecular weight is 168 g/mol. The highest BCUT2D eigenvalue weighted by Crippen LogP contribution is 2.37. The van der Waals surface area contributed by atoms with Gasteiger partial charge in [0.2, 0.25) is 0 Å². The molecule has 2 rings (SSSR count). The van der Waals surface area contributed by atoms with E-state index in [0.29, 0.717) is 11.2 Å². The standard InChI is InChI=1S/C8H12N2S/c9-6-1-2-7(10)8-5(6)3-4-11-8/h1-2,5-6,8,10H,3-4,9H2. The molecule has 3 heteroatoms. The van der Waals surface area contributed by atoms with E-state index in [1.165, 1.54) is 12.2 Å². The lowest BCUT2D eigenvalue weighted by Crippen LogP contribution is -2.38. The monoisotopic (exact) mass is 168 g/mol. The Bertz CT molecular complexity index is 212. The molecule has 0 radical (unpaired) electrons. The Balaban J connectivity index is 2.25. The van der Waals surface area contributed by atoms with Crippen LogP contribution in [0.2, 0.25) is 0 Å². The lowest BCUT2D eigenvalue weighted by Gasteiger charge is -2.26. The van der Waals surface area contributed by atoms with Crippen LogP contribution in [-0.4, -0.2) is 22.8 Å². The van der Waals surface area contributed by atoms with E-state index in [4.69, 9.17) is 11.1 Å². The van der Waals surface area contributed by atoms with E-state index in [-0.39, 0.29) is 6.04 Å². The molecule has 3 atom stereocenters. The number of hydrogen-bond acceptors (Lipinski definition) is 3. The zero-order valence-electron chi connectivity index (χ0n) is 6.29. The summed E-state index contributed by atoms with van der Waals surface area (Å²) in [5.74, 6) is 1.71. The Morgan fingerprint density at radius 1 is 1.64 bits per heavy atom. The largest absolute Gasteiger partial charge is 0.324 e. The minimum atomic E-state index is 0.198. The summed E-state index contributed by atoms with van der Waals surface area (Å²) in [6, 6.07) is 0.198. The molecule has 1 heterocycles. The van der Waals surface area contributed by atoms with E-state index < -0.39 is 0 Å². The van der Waals surface area contributed by atoms with Gasteiger partial charge in [-0.05, 0) is 24.2 Å². The number of thioether (sulfide) groups is 1. The molecule has 0 aromatic heterocycles. The first-order valence-corrected chi connectivity index (χ1v) is 4.98. The molecule has 3 unspecified atom stereocenters. The second-order valence-electron chi connectivity index (χ2n) is 3.14. The second kappa shape index (κ2) is 2.64. The Kier molecular flexibility index (Phi) is 1.77. The van der Waals surface area contributed by atoms with E-state index in [2.05, 4.69) is 0 Å². The van der Waals surface area contributed by atoms with Gasteiger partial charge in [0.25, 0.3) is 0 Å². The molecule has 2 nitrogen and oxygen atoms in total. The van der Waals surface area contributed by atoms with Crippen LogP contribution in [0, 0.1) is 11.3 Å². The topological polar surface area (TPSA) is 49.9 Å². The summed E-state index contributed by atoms with van der Waals surface area (Å²) in [5, 5.41) is 8.04. The van der Waals surface area contributed by atoms with Crippen LogP contribution < -0.4 is 5.73 Å². The van der Waals surface area contributed by atoms with Crippen molar-refractivity contribution in [3.8, 4) is 0 Å². The van der Waals surface area contributed by atoms with Gasteiger partial charge in [-0.3, -0.25) is 0 Å². The number of fused-ring (bicyclic) bond motifs is 1. The summed E-state index contributed by atoms with van der Waals surface area (Å²) in [4.78, 5) is 0. The van der Waals surface area contributed by atoms with Crippen molar-refractivity contribution in [1.82, 2.24) is 0 Å². The number of nitrogens with one attached hydrogen (secondary N) is 1. The number of nitrogens with two attached hydrogens (primary N) is 1. The van der Waals surface area contributed by atoms with Crippen molar-refractivity contribution in [2.24, 2.45) is 11.7 Å². The Hall–Kier alpha value is -0.280. The molecule has 3 N–H and O–H groups in total. The van der Waals surface area contributed by atoms with Crippen LogP contribution in [0.4, 0.5) is 0 Å². The van der Waals surface area contributed by atoms with Crippen molar-refractivity contribution in [3.63, 3.8) is 0 Å². The maximum Gasteiger partial charge on any atom is 0.0509 e. The number of hydrogen-bond donors (Lipinski definition) is 2. The Labute approximate surface area is 70.7 Å². The quantitative estimate of drug-likeness (QED) is 0.567. The zero-order chi connectivity index (χ0) is 7.84. The van der Waals surface area contributed by atoms with Crippen molar-refractivity contribution in [2.75, 3.05) is 5.75 Å². The van der Waals surface area contributed by atoms with Crippen LogP contribution in [0.25, 0.3) is 0 Å². The first-order chi connectivity index (χ1) is 5.29. The highest BCUT2D eigenvalue weighted by Gasteiger charge is 2.35. The number of allylic oxidation sites excluding steroid dienone is 1. The molecule has 0 bridgehead atoms. The fraction of sp³-hybridized carbons (Fsp3) is 0.625. The van der Waals surface area contributed by atoms with Crippen LogP contribution in [-0.2, 0) is 0 Å². The van der Waals surface area contributed by atoms with E-state index in [1.807, 2.05) is 23.9 Å². The lowest BCUT2D eigenvalue weighted by molar-refractivity contribution is 0.499. The highest BCUT2D eigenvalue weighted by atomic mass is 32.2. The summed E-state index contributed by atoms with van der Waals surface area (Å²) in [6.07, 6.45) is 5.02. The van der Waals surface area contributed by atoms with Gasteiger partial charge in [0, 0.05) is 11.8 Å². The molecular formula is C8H12N2S. The van der Waals surface area contributed by atoms with Gasteiger partial charge in [-0.1, -0.05) is 6.08 Å². The molecule has 0 aromatic rings. The summed E-state index contributed by atoms with van der Waals surface area (Å²) < 4.78 is 0. The van der Waals surface area contributed by atoms with Crippen LogP contribution in [0.3, 0.4) is 0 Å². The van der Waals surface area contributed by atoms with E-state index in [9.17, 15) is 0 Å². The van der Waals surface area contributed by atoms with Gasteiger partial charge in [0.05, 0.1) is 5.25 Å². The number of rotatable bonds is 0. The van der Waals surface area contributed by atoms with Gasteiger partial charge in [0.15, 0.2) is 0 Å². The molecule has 1 fully saturated rings. The minimum absolute atomic E-state index is 0.198. The molecule has 0 amide bonds. The summed E-state index contributed by atoms with van der Waals surface area (Å²) in [7, 11) is 0. The third-order valence-corrected chi connectivity index (χ3v) is 3.87. The molecule has 0 aromatic carbocycles. The smallest absolute Gasteiger partial charge is 0.0509 e. The lowest BCUT2D eigenvalue weighted by atomic mass is 9.87. The van der Waals surface area contributed by atoms with Crippen molar-refractivity contribution in [1.29, 1.82) is 5.41 Å². The van der Waals surface area contributed by atoms with Crippen molar-refractivity contribution >= 4 is 17.5 Å². The maximum absolute atomic E-state index is 7.64. The Morgan fingerprint density at radius 2 is 2.45 bits per heavy atom. The van der Waals surface area contributed by atoms with Crippen LogP contribution in [0.1, 0.15) is 6.42 Å². The van der Waals surface area contributed by atoms with Crippen molar-refractivity contribution < 1.29 is 0 Å². The van der Waals surface area contributed by atoms with E-state index >= 15 is 0 Å². The molecule has 1 saturated heterocycles.